The average Bonchev–Trinajstić information content (AvgIpc) is 2.38. The van der Waals surface area contributed by atoms with E-state index in [-0.39, 0.29) is 0 Å². The van der Waals surface area contributed by atoms with Crippen LogP contribution in [0.25, 0.3) is 0 Å². The van der Waals surface area contributed by atoms with Crippen LogP contribution in [0.4, 0.5) is 0 Å². The fourth-order valence-corrected chi connectivity index (χ4v) is 2.77. The molecule has 0 fully saturated rings. The smallest absolute Gasteiger partial charge is 0.0453 e. The summed E-state index contributed by atoms with van der Waals surface area (Å²) in [6.07, 6.45) is 7.45. The van der Waals surface area contributed by atoms with Crippen molar-refractivity contribution in [3.05, 3.63) is 34.9 Å². The van der Waals surface area contributed by atoms with Gasteiger partial charge in [-0.25, -0.2) is 0 Å². The number of nitrogens with one attached hydrogen (secondary N) is 1. The summed E-state index contributed by atoms with van der Waals surface area (Å²) in [6.45, 7) is 3.25. The van der Waals surface area contributed by atoms with Crippen LogP contribution in [0.2, 0.25) is 5.02 Å². The largest absolute Gasteiger partial charge is 0.310 e. The van der Waals surface area contributed by atoms with E-state index in [4.69, 9.17) is 11.6 Å². The summed E-state index contributed by atoms with van der Waals surface area (Å²) in [5, 5.41) is 4.40. The first kappa shape index (κ1) is 15.9. The molecule has 0 bridgehead atoms. The first-order valence-corrected chi connectivity index (χ1v) is 8.49. The van der Waals surface area contributed by atoms with Gasteiger partial charge in [-0.1, -0.05) is 42.6 Å². The van der Waals surface area contributed by atoms with Gasteiger partial charge < -0.3 is 5.32 Å². The predicted octanol–water partition coefficient (Wildman–Crippen LogP) is 4.91. The summed E-state index contributed by atoms with van der Waals surface area (Å²) in [5.74, 6) is 1.30. The molecule has 102 valence electrons. The van der Waals surface area contributed by atoms with Crippen LogP contribution in [0.3, 0.4) is 0 Å². The molecule has 1 N–H and O–H groups in total. The number of thioether (sulfide) groups is 1. The third-order valence-corrected chi connectivity index (χ3v) is 4.14. The average molecular weight is 286 g/mol. The molecule has 0 aliphatic carbocycles. The monoisotopic (exact) mass is 285 g/mol. The van der Waals surface area contributed by atoms with Gasteiger partial charge >= 0.3 is 0 Å². The summed E-state index contributed by atoms with van der Waals surface area (Å²) in [6, 6.07) is 8.41. The Morgan fingerprint density at radius 2 is 1.89 bits per heavy atom. The molecule has 0 saturated carbocycles. The molecule has 0 saturated heterocycles. The third kappa shape index (κ3) is 6.12. The topological polar surface area (TPSA) is 12.0 Å². The van der Waals surface area contributed by atoms with E-state index in [1.807, 2.05) is 30.0 Å². The van der Waals surface area contributed by atoms with Crippen LogP contribution >= 0.6 is 23.4 Å². The second-order valence-electron chi connectivity index (χ2n) is 4.60. The Labute approximate surface area is 121 Å². The minimum atomic E-state index is 0.338. The third-order valence-electron chi connectivity index (χ3n) is 3.10. The second-order valence-corrected chi connectivity index (χ2v) is 6.00. The molecule has 0 amide bonds. The first-order valence-electron chi connectivity index (χ1n) is 6.72. The van der Waals surface area contributed by atoms with Crippen LogP contribution in [-0.2, 0) is 0 Å². The molecule has 0 spiro atoms. The van der Waals surface area contributed by atoms with Gasteiger partial charge in [-0.3, -0.25) is 0 Å². The van der Waals surface area contributed by atoms with Crippen molar-refractivity contribution in [2.24, 2.45) is 0 Å². The van der Waals surface area contributed by atoms with E-state index < -0.39 is 0 Å². The van der Waals surface area contributed by atoms with E-state index in [1.165, 1.54) is 37.0 Å². The highest BCUT2D eigenvalue weighted by Gasteiger charge is 2.07. The number of hydrogen-bond acceptors (Lipinski definition) is 2. The maximum absolute atomic E-state index is 6.17. The Balaban J connectivity index is 2.14. The zero-order valence-electron chi connectivity index (χ0n) is 11.4. The lowest BCUT2D eigenvalue weighted by Crippen LogP contribution is -2.20. The number of hydrogen-bond donors (Lipinski definition) is 1. The maximum Gasteiger partial charge on any atom is 0.0453 e. The second kappa shape index (κ2) is 9.71. The van der Waals surface area contributed by atoms with Gasteiger partial charge in [0, 0.05) is 11.1 Å². The Kier molecular flexibility index (Phi) is 8.57. The molecule has 18 heavy (non-hydrogen) atoms. The Morgan fingerprint density at radius 1 is 1.17 bits per heavy atom. The van der Waals surface area contributed by atoms with E-state index in [9.17, 15) is 0 Å². The van der Waals surface area contributed by atoms with Crippen molar-refractivity contribution < 1.29 is 0 Å². The molecule has 1 aromatic rings. The van der Waals surface area contributed by atoms with Crippen LogP contribution in [0, 0.1) is 0 Å². The SMILES string of the molecule is CSCCCCCCNC(C)c1ccccc1Cl. The van der Waals surface area contributed by atoms with Gasteiger partial charge in [0.25, 0.3) is 0 Å². The number of halogens is 1. The Morgan fingerprint density at radius 3 is 2.61 bits per heavy atom. The van der Waals surface area contributed by atoms with Crippen molar-refractivity contribution in [1.29, 1.82) is 0 Å². The van der Waals surface area contributed by atoms with E-state index in [0.717, 1.165) is 11.6 Å². The van der Waals surface area contributed by atoms with Crippen LogP contribution in [0.5, 0.6) is 0 Å². The van der Waals surface area contributed by atoms with Crippen molar-refractivity contribution in [3.63, 3.8) is 0 Å². The van der Waals surface area contributed by atoms with Crippen molar-refractivity contribution in [2.45, 2.75) is 38.6 Å². The van der Waals surface area contributed by atoms with Crippen LogP contribution in [0.15, 0.2) is 24.3 Å². The summed E-state index contributed by atoms with van der Waals surface area (Å²) in [4.78, 5) is 0. The van der Waals surface area contributed by atoms with E-state index in [0.29, 0.717) is 6.04 Å². The molecule has 1 aromatic carbocycles. The summed E-state index contributed by atoms with van der Waals surface area (Å²) in [5.41, 5.74) is 1.20. The molecule has 0 aliphatic heterocycles. The zero-order valence-corrected chi connectivity index (χ0v) is 13.0. The molecule has 0 aliphatic rings. The van der Waals surface area contributed by atoms with Crippen LogP contribution in [0.1, 0.15) is 44.2 Å². The van der Waals surface area contributed by atoms with E-state index in [1.54, 1.807) is 0 Å². The van der Waals surface area contributed by atoms with Crippen LogP contribution < -0.4 is 5.32 Å². The van der Waals surface area contributed by atoms with Gasteiger partial charge in [0.05, 0.1) is 0 Å². The predicted molar refractivity (Wildman–Crippen MR) is 84.7 cm³/mol. The Bertz CT molecular complexity index is 330. The minimum absolute atomic E-state index is 0.338. The summed E-state index contributed by atoms with van der Waals surface area (Å²) < 4.78 is 0. The first-order chi connectivity index (χ1) is 8.75. The molecule has 0 radical (unpaired) electrons. The molecular weight excluding hydrogens is 262 g/mol. The maximum atomic E-state index is 6.17. The van der Waals surface area contributed by atoms with Gasteiger partial charge in [-0.15, -0.1) is 0 Å². The fourth-order valence-electron chi connectivity index (χ4n) is 1.98. The molecule has 0 aromatic heterocycles. The quantitative estimate of drug-likeness (QED) is 0.647. The lowest BCUT2D eigenvalue weighted by atomic mass is 10.1. The van der Waals surface area contributed by atoms with Crippen molar-refractivity contribution in [3.8, 4) is 0 Å². The standard InChI is InChI=1S/C15H24ClNS/c1-13(14-9-5-6-10-15(14)16)17-11-7-3-4-8-12-18-2/h5-6,9-10,13,17H,3-4,7-8,11-12H2,1-2H3. The lowest BCUT2D eigenvalue weighted by molar-refractivity contribution is 0.537. The Hall–Kier alpha value is -0.180. The highest BCUT2D eigenvalue weighted by molar-refractivity contribution is 7.98. The lowest BCUT2D eigenvalue weighted by Gasteiger charge is -2.15. The van der Waals surface area contributed by atoms with Gasteiger partial charge in [0.15, 0.2) is 0 Å². The molecule has 0 heterocycles. The molecule has 1 nitrogen and oxygen atoms in total. The highest BCUT2D eigenvalue weighted by atomic mass is 35.5. The van der Waals surface area contributed by atoms with Crippen LogP contribution in [-0.4, -0.2) is 18.6 Å². The molecule has 3 heteroatoms. The highest BCUT2D eigenvalue weighted by Crippen LogP contribution is 2.21. The van der Waals surface area contributed by atoms with Gasteiger partial charge in [0.2, 0.25) is 0 Å². The van der Waals surface area contributed by atoms with Gasteiger partial charge in [-0.2, -0.15) is 11.8 Å². The van der Waals surface area contributed by atoms with E-state index >= 15 is 0 Å². The summed E-state index contributed by atoms with van der Waals surface area (Å²) in [7, 11) is 0. The van der Waals surface area contributed by atoms with E-state index in [2.05, 4.69) is 24.6 Å². The molecule has 1 unspecified atom stereocenters. The normalized spacial score (nSPS) is 12.6. The molecule has 1 rings (SSSR count). The van der Waals surface area contributed by atoms with Gasteiger partial charge in [0.1, 0.15) is 0 Å². The molecule has 1 atom stereocenters. The molecular formula is C15H24ClNS. The van der Waals surface area contributed by atoms with Crippen molar-refractivity contribution in [1.82, 2.24) is 5.32 Å². The summed E-state index contributed by atoms with van der Waals surface area (Å²) >= 11 is 8.11. The van der Waals surface area contributed by atoms with Crippen molar-refractivity contribution >= 4 is 23.4 Å². The number of unbranched alkanes of at least 4 members (excludes halogenated alkanes) is 3. The minimum Gasteiger partial charge on any atom is -0.310 e. The van der Waals surface area contributed by atoms with Crippen molar-refractivity contribution in [2.75, 3.05) is 18.6 Å². The number of rotatable bonds is 9. The fraction of sp³-hybridized carbons (Fsp3) is 0.600. The zero-order chi connectivity index (χ0) is 13.2. The number of benzene rings is 1. The van der Waals surface area contributed by atoms with Gasteiger partial charge in [-0.05, 0) is 49.9 Å².